The summed E-state index contributed by atoms with van der Waals surface area (Å²) in [4.78, 5) is 22.2. The van der Waals surface area contributed by atoms with Crippen LogP contribution < -0.4 is 5.32 Å². The molecule has 0 bridgehead atoms. The van der Waals surface area contributed by atoms with Crippen LogP contribution in [0, 0.1) is 11.8 Å². The van der Waals surface area contributed by atoms with Gasteiger partial charge in [0.25, 0.3) is 0 Å². The summed E-state index contributed by atoms with van der Waals surface area (Å²) < 4.78 is 5.08. The van der Waals surface area contributed by atoms with Gasteiger partial charge in [-0.15, -0.1) is 0 Å². The molecule has 0 aliphatic carbocycles. The molecule has 2 N–H and O–H groups in total. The third-order valence-corrected chi connectivity index (χ3v) is 2.26. The maximum Gasteiger partial charge on any atom is 0.407 e. The van der Waals surface area contributed by atoms with Crippen molar-refractivity contribution in [2.75, 3.05) is 6.54 Å². The van der Waals surface area contributed by atoms with Crippen LogP contribution in [0.1, 0.15) is 43.1 Å². The second-order valence-corrected chi connectivity index (χ2v) is 5.37. The Kier molecular flexibility index (Phi) is 5.79. The predicted octanol–water partition coefficient (Wildman–Crippen LogP) is 2.65. The first-order valence-corrected chi connectivity index (χ1v) is 6.57. The first kappa shape index (κ1) is 16.6. The number of carbonyl (C=O) groups is 2. The molecule has 0 fully saturated rings. The van der Waals surface area contributed by atoms with Crippen molar-refractivity contribution < 1.29 is 19.4 Å². The molecule has 21 heavy (non-hydrogen) atoms. The topological polar surface area (TPSA) is 75.6 Å². The Hall–Kier alpha value is -2.48. The van der Waals surface area contributed by atoms with Gasteiger partial charge in [-0.2, -0.15) is 0 Å². The Balaban J connectivity index is 2.42. The zero-order chi connectivity index (χ0) is 15.9. The Morgan fingerprint density at radius 2 is 2.05 bits per heavy atom. The maximum atomic E-state index is 11.4. The minimum absolute atomic E-state index is 0.202. The number of alkyl carbamates (subject to hydrolysis) is 1. The van der Waals surface area contributed by atoms with Gasteiger partial charge in [-0.1, -0.05) is 17.9 Å². The summed E-state index contributed by atoms with van der Waals surface area (Å²) in [6.45, 7) is 5.76. The number of aromatic carboxylic acids is 1. The van der Waals surface area contributed by atoms with Gasteiger partial charge in [0.05, 0.1) is 5.56 Å². The van der Waals surface area contributed by atoms with Crippen molar-refractivity contribution in [3.8, 4) is 11.8 Å². The average Bonchev–Trinajstić information content (AvgIpc) is 2.36. The van der Waals surface area contributed by atoms with Gasteiger partial charge in [-0.3, -0.25) is 0 Å². The lowest BCUT2D eigenvalue weighted by atomic mass is 10.1. The summed E-state index contributed by atoms with van der Waals surface area (Å²) in [5.74, 6) is 4.75. The smallest absolute Gasteiger partial charge is 0.407 e. The Morgan fingerprint density at radius 3 is 2.67 bits per heavy atom. The molecule has 1 aromatic carbocycles. The number of rotatable bonds is 3. The van der Waals surface area contributed by atoms with Crippen molar-refractivity contribution in [1.82, 2.24) is 5.32 Å². The highest BCUT2D eigenvalue weighted by Gasteiger charge is 2.15. The van der Waals surface area contributed by atoms with Gasteiger partial charge >= 0.3 is 12.1 Å². The number of ether oxygens (including phenoxy) is 1. The van der Waals surface area contributed by atoms with E-state index < -0.39 is 17.7 Å². The lowest BCUT2D eigenvalue weighted by molar-refractivity contribution is 0.0528. The summed E-state index contributed by atoms with van der Waals surface area (Å²) >= 11 is 0. The van der Waals surface area contributed by atoms with Crippen molar-refractivity contribution in [2.45, 2.75) is 32.8 Å². The maximum absolute atomic E-state index is 11.4. The van der Waals surface area contributed by atoms with Gasteiger partial charge in [0, 0.05) is 18.5 Å². The minimum atomic E-state index is -0.981. The van der Waals surface area contributed by atoms with Crippen LogP contribution in [0.3, 0.4) is 0 Å². The lowest BCUT2D eigenvalue weighted by Gasteiger charge is -2.19. The van der Waals surface area contributed by atoms with Crippen LogP contribution in [-0.4, -0.2) is 29.3 Å². The minimum Gasteiger partial charge on any atom is -0.478 e. The summed E-state index contributed by atoms with van der Waals surface area (Å²) in [6.07, 6.45) is -0.0199. The van der Waals surface area contributed by atoms with Crippen molar-refractivity contribution in [2.24, 2.45) is 0 Å². The van der Waals surface area contributed by atoms with E-state index in [1.165, 1.54) is 12.1 Å². The number of hydrogen-bond acceptors (Lipinski definition) is 3. The molecular weight excluding hydrogens is 270 g/mol. The average molecular weight is 289 g/mol. The molecule has 5 heteroatoms. The van der Waals surface area contributed by atoms with Gasteiger partial charge < -0.3 is 15.2 Å². The van der Waals surface area contributed by atoms with Crippen LogP contribution in [0.2, 0.25) is 0 Å². The largest absolute Gasteiger partial charge is 0.478 e. The van der Waals surface area contributed by atoms with Crippen LogP contribution in [-0.2, 0) is 4.74 Å². The molecule has 5 nitrogen and oxygen atoms in total. The Morgan fingerprint density at radius 1 is 1.33 bits per heavy atom. The molecule has 0 radical (unpaired) electrons. The zero-order valence-corrected chi connectivity index (χ0v) is 12.4. The number of carboxylic acids is 1. The highest BCUT2D eigenvalue weighted by Crippen LogP contribution is 2.06. The van der Waals surface area contributed by atoms with Crippen LogP contribution in [0.4, 0.5) is 4.79 Å². The summed E-state index contributed by atoms with van der Waals surface area (Å²) in [5.41, 5.74) is 0.313. The molecule has 0 unspecified atom stereocenters. The number of benzene rings is 1. The molecule has 0 saturated heterocycles. The zero-order valence-electron chi connectivity index (χ0n) is 12.4. The molecule has 0 aromatic heterocycles. The summed E-state index contributed by atoms with van der Waals surface area (Å²) in [6, 6.07) is 6.40. The van der Waals surface area contributed by atoms with E-state index in [0.717, 1.165) is 0 Å². The number of nitrogens with one attached hydrogen (secondary N) is 1. The summed E-state index contributed by atoms with van der Waals surface area (Å²) in [7, 11) is 0. The van der Waals surface area contributed by atoms with Gasteiger partial charge in [0.2, 0.25) is 0 Å². The second-order valence-electron chi connectivity index (χ2n) is 5.37. The molecule has 1 rings (SSSR count). The van der Waals surface area contributed by atoms with Crippen molar-refractivity contribution in [3.05, 3.63) is 35.4 Å². The monoisotopic (exact) mass is 289 g/mol. The standard InChI is InChI=1S/C16H19NO4/c1-16(2,3)21-15(20)17-10-5-4-7-12-8-6-9-13(11-12)14(18)19/h6,8-9,11H,5,10H2,1-3H3,(H,17,20)(H,18,19). The molecule has 0 spiro atoms. The number of carbonyl (C=O) groups excluding carboxylic acids is 1. The molecule has 0 heterocycles. The van der Waals surface area contributed by atoms with Crippen molar-refractivity contribution >= 4 is 12.1 Å². The molecule has 0 aliphatic heterocycles. The lowest BCUT2D eigenvalue weighted by Crippen LogP contribution is -2.32. The molecule has 112 valence electrons. The van der Waals surface area contributed by atoms with E-state index in [9.17, 15) is 9.59 Å². The van der Waals surface area contributed by atoms with Crippen molar-refractivity contribution in [3.63, 3.8) is 0 Å². The van der Waals surface area contributed by atoms with E-state index in [4.69, 9.17) is 9.84 Å². The molecule has 1 aromatic rings. The molecule has 0 aliphatic rings. The van der Waals surface area contributed by atoms with E-state index in [-0.39, 0.29) is 5.56 Å². The molecule has 1 amide bonds. The fraction of sp³-hybridized carbons (Fsp3) is 0.375. The van der Waals surface area contributed by atoms with Crippen LogP contribution in [0.15, 0.2) is 24.3 Å². The molecule has 0 atom stereocenters. The highest BCUT2D eigenvalue weighted by molar-refractivity contribution is 5.88. The quantitative estimate of drug-likeness (QED) is 0.662. The van der Waals surface area contributed by atoms with Crippen LogP contribution in [0.25, 0.3) is 0 Å². The number of carboxylic acid groups (broad SMARTS) is 1. The Bertz CT molecular complexity index is 576. The third-order valence-electron chi connectivity index (χ3n) is 2.26. The second kappa shape index (κ2) is 7.34. The molecular formula is C16H19NO4. The van der Waals surface area contributed by atoms with E-state index in [1.54, 1.807) is 32.9 Å². The Labute approximate surface area is 124 Å². The van der Waals surface area contributed by atoms with E-state index in [1.807, 2.05) is 0 Å². The van der Waals surface area contributed by atoms with Gasteiger partial charge in [-0.25, -0.2) is 9.59 Å². The van der Waals surface area contributed by atoms with E-state index >= 15 is 0 Å². The first-order chi connectivity index (χ1) is 9.78. The van der Waals surface area contributed by atoms with Gasteiger partial charge in [0.1, 0.15) is 5.60 Å². The third kappa shape index (κ3) is 7.02. The highest BCUT2D eigenvalue weighted by atomic mass is 16.6. The van der Waals surface area contributed by atoms with Crippen LogP contribution >= 0.6 is 0 Å². The van der Waals surface area contributed by atoms with E-state index in [2.05, 4.69) is 17.2 Å². The number of amides is 1. The summed E-state index contributed by atoms with van der Waals surface area (Å²) in [5, 5.41) is 11.5. The SMILES string of the molecule is CC(C)(C)OC(=O)NCCC#Cc1cccc(C(=O)O)c1. The van der Waals surface area contributed by atoms with Crippen LogP contribution in [0.5, 0.6) is 0 Å². The van der Waals surface area contributed by atoms with Gasteiger partial charge in [0.15, 0.2) is 0 Å². The normalized spacial score (nSPS) is 10.2. The van der Waals surface area contributed by atoms with E-state index in [0.29, 0.717) is 18.5 Å². The molecule has 0 saturated carbocycles. The fourth-order valence-corrected chi connectivity index (χ4v) is 1.44. The van der Waals surface area contributed by atoms with Gasteiger partial charge in [-0.05, 0) is 39.0 Å². The fourth-order valence-electron chi connectivity index (χ4n) is 1.44. The number of hydrogen-bond donors (Lipinski definition) is 2. The van der Waals surface area contributed by atoms with Crippen molar-refractivity contribution in [1.29, 1.82) is 0 Å². The predicted molar refractivity (Wildman–Crippen MR) is 79.1 cm³/mol. The first-order valence-electron chi connectivity index (χ1n) is 6.57.